The summed E-state index contributed by atoms with van der Waals surface area (Å²) in [5.74, 6) is 0. The molecule has 0 aromatic heterocycles. The molecule has 1 aliphatic heterocycles. The fraction of sp³-hybridized carbons (Fsp3) is 1.00. The average molecular weight is 178 g/mol. The van der Waals surface area contributed by atoms with E-state index in [1.54, 1.807) is 6.92 Å². The molecule has 0 radical (unpaired) electrons. The van der Waals surface area contributed by atoms with Gasteiger partial charge in [0, 0.05) is 13.1 Å². The van der Waals surface area contributed by atoms with Crippen molar-refractivity contribution in [1.82, 2.24) is 0 Å². The molecule has 1 aliphatic rings. The van der Waals surface area contributed by atoms with Crippen LogP contribution in [-0.4, -0.2) is 22.7 Å². The van der Waals surface area contributed by atoms with E-state index in [-0.39, 0.29) is 0 Å². The van der Waals surface area contributed by atoms with Crippen molar-refractivity contribution < 1.29 is 14.2 Å². The van der Waals surface area contributed by atoms with Crippen LogP contribution < -0.4 is 0 Å². The summed E-state index contributed by atoms with van der Waals surface area (Å²) in [5, 5.41) is 8.53. The standard InChI is InChI=1S/C7H15O3P/c1-6(2)5-7(3,8)11(4,9)10-6/h8H,5H2,1-4H3/t7-,11-/m0/s1. The first-order valence-corrected chi connectivity index (χ1v) is 5.74. The fourth-order valence-electron chi connectivity index (χ4n) is 1.55. The van der Waals surface area contributed by atoms with Crippen molar-refractivity contribution >= 4 is 7.37 Å². The van der Waals surface area contributed by atoms with E-state index in [1.807, 2.05) is 13.8 Å². The predicted molar refractivity (Wildman–Crippen MR) is 43.9 cm³/mol. The molecule has 2 atom stereocenters. The Balaban J connectivity index is 2.99. The van der Waals surface area contributed by atoms with E-state index in [0.29, 0.717) is 6.42 Å². The van der Waals surface area contributed by atoms with Crippen LogP contribution in [-0.2, 0) is 9.09 Å². The third kappa shape index (κ3) is 1.51. The van der Waals surface area contributed by atoms with Crippen LogP contribution in [0.2, 0.25) is 0 Å². The summed E-state index contributed by atoms with van der Waals surface area (Å²) in [4.78, 5) is 0. The van der Waals surface area contributed by atoms with E-state index in [1.165, 1.54) is 6.66 Å². The lowest BCUT2D eigenvalue weighted by Crippen LogP contribution is -2.24. The van der Waals surface area contributed by atoms with E-state index < -0.39 is 18.3 Å². The summed E-state index contributed by atoms with van der Waals surface area (Å²) in [6.07, 6.45) is 0.438. The first-order chi connectivity index (χ1) is 4.66. The van der Waals surface area contributed by atoms with Crippen molar-refractivity contribution in [2.24, 2.45) is 0 Å². The highest BCUT2D eigenvalue weighted by Gasteiger charge is 2.53. The van der Waals surface area contributed by atoms with Gasteiger partial charge in [0.1, 0.15) is 5.34 Å². The predicted octanol–water partition coefficient (Wildman–Crippen LogP) is 1.80. The van der Waals surface area contributed by atoms with E-state index >= 15 is 0 Å². The summed E-state index contributed by atoms with van der Waals surface area (Å²) in [6.45, 7) is 6.74. The lowest BCUT2D eigenvalue weighted by atomic mass is 10.0. The van der Waals surface area contributed by atoms with Crippen molar-refractivity contribution in [3.8, 4) is 0 Å². The Kier molecular flexibility index (Phi) is 1.76. The third-order valence-electron chi connectivity index (χ3n) is 2.06. The van der Waals surface area contributed by atoms with Crippen LogP contribution in [0.15, 0.2) is 0 Å². The Hall–Kier alpha value is 0.150. The molecule has 0 spiro atoms. The molecule has 3 nitrogen and oxygen atoms in total. The van der Waals surface area contributed by atoms with E-state index in [9.17, 15) is 9.67 Å². The van der Waals surface area contributed by atoms with Crippen LogP contribution in [0.4, 0.5) is 0 Å². The molecule has 1 fully saturated rings. The largest absolute Gasteiger partial charge is 0.380 e. The second-order valence-electron chi connectivity index (χ2n) is 4.09. The number of rotatable bonds is 0. The van der Waals surface area contributed by atoms with Crippen LogP contribution in [0.25, 0.3) is 0 Å². The highest BCUT2D eigenvalue weighted by molar-refractivity contribution is 7.59. The molecule has 1 rings (SSSR count). The van der Waals surface area contributed by atoms with Gasteiger partial charge in [0.15, 0.2) is 0 Å². The van der Waals surface area contributed by atoms with Crippen molar-refractivity contribution in [3.63, 3.8) is 0 Å². The van der Waals surface area contributed by atoms with Gasteiger partial charge in [-0.05, 0) is 20.8 Å². The Morgan fingerprint density at radius 2 is 1.91 bits per heavy atom. The minimum atomic E-state index is -2.81. The van der Waals surface area contributed by atoms with Crippen molar-refractivity contribution in [1.29, 1.82) is 0 Å². The maximum Gasteiger partial charge on any atom is 0.231 e. The van der Waals surface area contributed by atoms with E-state index in [2.05, 4.69) is 0 Å². The molecule has 0 aromatic rings. The molecule has 0 unspecified atom stereocenters. The monoisotopic (exact) mass is 178 g/mol. The van der Waals surface area contributed by atoms with Gasteiger partial charge >= 0.3 is 0 Å². The lowest BCUT2D eigenvalue weighted by molar-refractivity contribution is 0.0932. The van der Waals surface area contributed by atoms with Crippen LogP contribution in [0.1, 0.15) is 27.2 Å². The van der Waals surface area contributed by atoms with Gasteiger partial charge in [0.05, 0.1) is 5.60 Å². The van der Waals surface area contributed by atoms with Crippen LogP contribution in [0, 0.1) is 0 Å². The number of hydrogen-bond donors (Lipinski definition) is 1. The molecule has 0 aromatic carbocycles. The smallest absolute Gasteiger partial charge is 0.231 e. The first kappa shape index (κ1) is 9.24. The molecule has 4 heteroatoms. The highest BCUT2D eigenvalue weighted by Crippen LogP contribution is 2.65. The maximum atomic E-state index is 11.6. The molecule has 1 saturated heterocycles. The quantitative estimate of drug-likeness (QED) is 0.575. The maximum absolute atomic E-state index is 11.6. The molecule has 0 aliphatic carbocycles. The molecule has 11 heavy (non-hydrogen) atoms. The topological polar surface area (TPSA) is 46.5 Å². The third-order valence-corrected chi connectivity index (χ3v) is 4.81. The summed E-state index contributed by atoms with van der Waals surface area (Å²) in [7, 11) is -2.81. The Bertz CT molecular complexity index is 220. The second-order valence-corrected chi connectivity index (χ2v) is 6.93. The highest BCUT2D eigenvalue weighted by atomic mass is 31.2. The van der Waals surface area contributed by atoms with Crippen LogP contribution in [0.5, 0.6) is 0 Å². The normalized spacial score (nSPS) is 49.5. The zero-order valence-corrected chi connectivity index (χ0v) is 8.31. The Morgan fingerprint density at radius 1 is 1.45 bits per heavy atom. The van der Waals surface area contributed by atoms with Crippen molar-refractivity contribution in [2.45, 2.75) is 38.1 Å². The van der Waals surface area contributed by atoms with Gasteiger partial charge in [-0.3, -0.25) is 4.57 Å². The molecular formula is C7H15O3P. The number of hydrogen-bond acceptors (Lipinski definition) is 3. The molecule has 66 valence electrons. The van der Waals surface area contributed by atoms with E-state index in [4.69, 9.17) is 4.52 Å². The number of aliphatic hydroxyl groups is 1. The van der Waals surface area contributed by atoms with Crippen molar-refractivity contribution in [2.75, 3.05) is 6.66 Å². The molecular weight excluding hydrogens is 163 g/mol. The summed E-state index contributed by atoms with van der Waals surface area (Å²) in [5.41, 5.74) is -0.451. The zero-order chi connectivity index (χ0) is 8.91. The van der Waals surface area contributed by atoms with Crippen LogP contribution >= 0.6 is 7.37 Å². The molecule has 0 bridgehead atoms. The van der Waals surface area contributed by atoms with Crippen LogP contribution in [0.3, 0.4) is 0 Å². The van der Waals surface area contributed by atoms with Gasteiger partial charge in [-0.1, -0.05) is 0 Å². The fourth-order valence-corrected chi connectivity index (χ4v) is 3.42. The second kappa shape index (κ2) is 2.09. The first-order valence-electron chi connectivity index (χ1n) is 3.67. The van der Waals surface area contributed by atoms with Gasteiger partial charge in [-0.2, -0.15) is 0 Å². The molecule has 0 amide bonds. The van der Waals surface area contributed by atoms with Gasteiger partial charge in [-0.15, -0.1) is 0 Å². The SMILES string of the molecule is CC1(C)C[C@@](C)(O)[P@@](C)(=O)O1. The lowest BCUT2D eigenvalue weighted by Gasteiger charge is -2.19. The molecule has 0 saturated carbocycles. The minimum absolute atomic E-state index is 0.438. The molecule has 1 heterocycles. The average Bonchev–Trinajstić information content (AvgIpc) is 1.66. The Morgan fingerprint density at radius 3 is 2.00 bits per heavy atom. The van der Waals surface area contributed by atoms with E-state index in [0.717, 1.165) is 0 Å². The van der Waals surface area contributed by atoms with Gasteiger partial charge in [0.25, 0.3) is 0 Å². The van der Waals surface area contributed by atoms with Gasteiger partial charge < -0.3 is 9.63 Å². The Labute approximate surface area is 67.2 Å². The summed E-state index contributed by atoms with van der Waals surface area (Å²) >= 11 is 0. The van der Waals surface area contributed by atoms with Gasteiger partial charge in [-0.25, -0.2) is 0 Å². The van der Waals surface area contributed by atoms with Gasteiger partial charge in [0.2, 0.25) is 7.37 Å². The van der Waals surface area contributed by atoms with Crippen molar-refractivity contribution in [3.05, 3.63) is 0 Å². The zero-order valence-electron chi connectivity index (χ0n) is 7.42. The molecule has 1 N–H and O–H groups in total. The summed E-state index contributed by atoms with van der Waals surface area (Å²) in [6, 6.07) is 0. The minimum Gasteiger partial charge on any atom is -0.380 e. The summed E-state index contributed by atoms with van der Waals surface area (Å²) < 4.78 is 16.9.